The van der Waals surface area contributed by atoms with Crippen molar-refractivity contribution in [1.82, 2.24) is 0 Å². The van der Waals surface area contributed by atoms with E-state index in [1.165, 1.54) is 6.07 Å². The van der Waals surface area contributed by atoms with Crippen LogP contribution in [-0.2, 0) is 5.33 Å². The SMILES string of the molecule is Fc1ccc(-c2cc(Cl)cc(Cl)c2)cc1CBr. The summed E-state index contributed by atoms with van der Waals surface area (Å²) in [7, 11) is 0. The molecule has 0 nitrogen and oxygen atoms in total. The molecule has 88 valence electrons. The zero-order valence-electron chi connectivity index (χ0n) is 8.68. The average Bonchev–Trinajstić information content (AvgIpc) is 2.28. The first-order valence-electron chi connectivity index (χ1n) is 4.91. The van der Waals surface area contributed by atoms with E-state index in [4.69, 9.17) is 23.2 Å². The van der Waals surface area contributed by atoms with Crippen LogP contribution in [0.2, 0.25) is 10.0 Å². The highest BCUT2D eigenvalue weighted by Gasteiger charge is 2.05. The Hall–Kier alpha value is -0.570. The molecule has 0 bridgehead atoms. The van der Waals surface area contributed by atoms with Crippen molar-refractivity contribution in [3.05, 3.63) is 57.8 Å². The maximum absolute atomic E-state index is 13.4. The summed E-state index contributed by atoms with van der Waals surface area (Å²) in [5, 5.41) is 1.61. The highest BCUT2D eigenvalue weighted by atomic mass is 79.9. The molecule has 0 aliphatic carbocycles. The number of benzene rings is 2. The molecule has 17 heavy (non-hydrogen) atoms. The van der Waals surface area contributed by atoms with Crippen LogP contribution in [0, 0.1) is 5.82 Å². The van der Waals surface area contributed by atoms with E-state index in [-0.39, 0.29) is 5.82 Å². The van der Waals surface area contributed by atoms with Crippen LogP contribution in [0.25, 0.3) is 11.1 Å². The van der Waals surface area contributed by atoms with Crippen molar-refractivity contribution in [1.29, 1.82) is 0 Å². The first-order chi connectivity index (χ1) is 8.10. The van der Waals surface area contributed by atoms with Gasteiger partial charge in [0.15, 0.2) is 0 Å². The second kappa shape index (κ2) is 5.38. The van der Waals surface area contributed by atoms with Crippen LogP contribution in [0.4, 0.5) is 4.39 Å². The normalized spacial score (nSPS) is 10.6. The molecule has 0 atom stereocenters. The van der Waals surface area contributed by atoms with Crippen molar-refractivity contribution in [3.63, 3.8) is 0 Å². The zero-order chi connectivity index (χ0) is 12.4. The van der Waals surface area contributed by atoms with E-state index in [0.717, 1.165) is 11.1 Å². The van der Waals surface area contributed by atoms with Crippen LogP contribution in [0.3, 0.4) is 0 Å². The third-order valence-corrected chi connectivity index (χ3v) is 3.43. The Morgan fingerprint density at radius 1 is 0.941 bits per heavy atom. The van der Waals surface area contributed by atoms with E-state index in [1.54, 1.807) is 30.3 Å². The summed E-state index contributed by atoms with van der Waals surface area (Å²) in [4.78, 5) is 0. The minimum absolute atomic E-state index is 0.223. The lowest BCUT2D eigenvalue weighted by atomic mass is 10.0. The lowest BCUT2D eigenvalue weighted by Gasteiger charge is -2.06. The van der Waals surface area contributed by atoms with Crippen molar-refractivity contribution in [2.75, 3.05) is 0 Å². The average molecular weight is 334 g/mol. The maximum atomic E-state index is 13.4. The molecule has 0 spiro atoms. The summed E-state index contributed by atoms with van der Waals surface area (Å²) >= 11 is 15.1. The van der Waals surface area contributed by atoms with Crippen LogP contribution in [0.15, 0.2) is 36.4 Å². The number of hydrogen-bond acceptors (Lipinski definition) is 0. The fraction of sp³-hybridized carbons (Fsp3) is 0.0769. The topological polar surface area (TPSA) is 0 Å². The fourth-order valence-corrected chi connectivity index (χ4v) is 2.53. The van der Waals surface area contributed by atoms with E-state index in [1.807, 2.05) is 0 Å². The predicted octanol–water partition coefficient (Wildman–Crippen LogP) is 5.69. The lowest BCUT2D eigenvalue weighted by Crippen LogP contribution is -1.87. The molecule has 0 radical (unpaired) electrons. The van der Waals surface area contributed by atoms with Crippen LogP contribution < -0.4 is 0 Å². The first-order valence-corrected chi connectivity index (χ1v) is 6.79. The molecule has 0 aliphatic heterocycles. The molecule has 2 rings (SSSR count). The number of rotatable bonds is 2. The minimum atomic E-state index is -0.223. The molecule has 0 fully saturated rings. The third-order valence-electron chi connectivity index (χ3n) is 2.39. The highest BCUT2D eigenvalue weighted by molar-refractivity contribution is 9.08. The summed E-state index contributed by atoms with van der Waals surface area (Å²) in [6, 6.07) is 10.2. The quantitative estimate of drug-likeness (QED) is 0.619. The van der Waals surface area contributed by atoms with E-state index in [2.05, 4.69) is 15.9 Å². The summed E-state index contributed by atoms with van der Waals surface area (Å²) in [6.45, 7) is 0. The smallest absolute Gasteiger partial charge is 0.127 e. The van der Waals surface area contributed by atoms with Gasteiger partial charge in [-0.25, -0.2) is 4.39 Å². The molecule has 0 N–H and O–H groups in total. The number of halogens is 4. The van der Waals surface area contributed by atoms with Gasteiger partial charge >= 0.3 is 0 Å². The Labute approximate surface area is 117 Å². The Kier molecular flexibility index (Phi) is 4.08. The first kappa shape index (κ1) is 12.9. The molecule has 0 unspecified atom stereocenters. The van der Waals surface area contributed by atoms with Gasteiger partial charge in [-0.1, -0.05) is 45.2 Å². The van der Waals surface area contributed by atoms with Gasteiger partial charge < -0.3 is 0 Å². The summed E-state index contributed by atoms with van der Waals surface area (Å²) < 4.78 is 13.4. The Morgan fingerprint density at radius 2 is 1.59 bits per heavy atom. The van der Waals surface area contributed by atoms with Gasteiger partial charge in [-0.05, 0) is 47.0 Å². The lowest BCUT2D eigenvalue weighted by molar-refractivity contribution is 0.618. The van der Waals surface area contributed by atoms with Crippen molar-refractivity contribution in [2.24, 2.45) is 0 Å². The number of hydrogen-bond donors (Lipinski definition) is 0. The Bertz CT molecular complexity index is 535. The molecule has 0 heterocycles. The molecular formula is C13H8BrCl2F. The van der Waals surface area contributed by atoms with Gasteiger partial charge in [0.25, 0.3) is 0 Å². The van der Waals surface area contributed by atoms with E-state index in [0.29, 0.717) is 20.9 Å². The monoisotopic (exact) mass is 332 g/mol. The second-order valence-corrected chi connectivity index (χ2v) is 5.03. The molecular weight excluding hydrogens is 326 g/mol. The van der Waals surface area contributed by atoms with Gasteiger partial charge in [0.1, 0.15) is 5.82 Å². The van der Waals surface area contributed by atoms with E-state index < -0.39 is 0 Å². The Balaban J connectivity index is 2.52. The van der Waals surface area contributed by atoms with Crippen molar-refractivity contribution in [3.8, 4) is 11.1 Å². The van der Waals surface area contributed by atoms with Gasteiger partial charge in [0.05, 0.1) is 0 Å². The maximum Gasteiger partial charge on any atom is 0.127 e. The van der Waals surface area contributed by atoms with Crippen LogP contribution in [0.1, 0.15) is 5.56 Å². The van der Waals surface area contributed by atoms with Crippen molar-refractivity contribution < 1.29 is 4.39 Å². The van der Waals surface area contributed by atoms with Crippen LogP contribution in [0.5, 0.6) is 0 Å². The highest BCUT2D eigenvalue weighted by Crippen LogP contribution is 2.28. The van der Waals surface area contributed by atoms with Crippen LogP contribution >= 0.6 is 39.1 Å². The molecule has 0 saturated heterocycles. The largest absolute Gasteiger partial charge is 0.207 e. The molecule has 0 aromatic heterocycles. The van der Waals surface area contributed by atoms with Crippen molar-refractivity contribution in [2.45, 2.75) is 5.33 Å². The molecule has 4 heteroatoms. The van der Waals surface area contributed by atoms with Gasteiger partial charge in [0, 0.05) is 15.4 Å². The molecule has 0 amide bonds. The van der Waals surface area contributed by atoms with E-state index in [9.17, 15) is 4.39 Å². The van der Waals surface area contributed by atoms with Gasteiger partial charge in [-0.3, -0.25) is 0 Å². The van der Waals surface area contributed by atoms with Gasteiger partial charge in [-0.15, -0.1) is 0 Å². The Morgan fingerprint density at radius 3 is 2.18 bits per heavy atom. The molecule has 2 aromatic carbocycles. The summed E-state index contributed by atoms with van der Waals surface area (Å²) in [6.07, 6.45) is 0. The summed E-state index contributed by atoms with van der Waals surface area (Å²) in [5.41, 5.74) is 2.38. The fourth-order valence-electron chi connectivity index (χ4n) is 1.58. The molecule has 2 aromatic rings. The van der Waals surface area contributed by atoms with Crippen molar-refractivity contribution >= 4 is 39.1 Å². The van der Waals surface area contributed by atoms with Gasteiger partial charge in [-0.2, -0.15) is 0 Å². The third kappa shape index (κ3) is 3.01. The standard InChI is InChI=1S/C13H8BrCl2F/c14-7-10-3-8(1-2-13(10)17)9-4-11(15)6-12(16)5-9/h1-6H,7H2. The zero-order valence-corrected chi connectivity index (χ0v) is 11.8. The predicted molar refractivity (Wildman–Crippen MR) is 74.5 cm³/mol. The minimum Gasteiger partial charge on any atom is -0.207 e. The van der Waals surface area contributed by atoms with Gasteiger partial charge in [0.2, 0.25) is 0 Å². The second-order valence-electron chi connectivity index (χ2n) is 3.60. The molecule has 0 saturated carbocycles. The number of alkyl halides is 1. The van der Waals surface area contributed by atoms with Crippen LogP contribution in [-0.4, -0.2) is 0 Å². The molecule has 0 aliphatic rings. The van der Waals surface area contributed by atoms with E-state index >= 15 is 0 Å². The summed E-state index contributed by atoms with van der Waals surface area (Å²) in [5.74, 6) is -0.223.